The third-order valence-corrected chi connectivity index (χ3v) is 11.2. The van der Waals surface area contributed by atoms with Crippen LogP contribution in [0.1, 0.15) is 251 Å². The Hall–Kier alpha value is -1.43. The molecular weight excluding hydrogens is 679 g/mol. The lowest BCUT2D eigenvalue weighted by Gasteiger charge is -2.21. The average Bonchev–Trinajstić information content (AvgIpc) is 3.19. The van der Waals surface area contributed by atoms with E-state index in [0.29, 0.717) is 6.42 Å². The number of nitrogens with one attached hydrogen (secondary N) is 1. The number of hydrogen-bond acceptors (Lipinski definition) is 4. The molecule has 0 bridgehead atoms. The second kappa shape index (κ2) is 45.3. The van der Waals surface area contributed by atoms with Gasteiger partial charge in [0.1, 0.15) is 6.10 Å². The van der Waals surface area contributed by atoms with Gasteiger partial charge < -0.3 is 20.6 Å². The Morgan fingerprint density at radius 3 is 1.11 bits per heavy atom. The van der Waals surface area contributed by atoms with Gasteiger partial charge in [-0.2, -0.15) is 0 Å². The third-order valence-electron chi connectivity index (χ3n) is 11.2. The maximum atomic E-state index is 12.5. The summed E-state index contributed by atoms with van der Waals surface area (Å²) in [5.74, 6) is -0.513. The second-order valence-corrected chi connectivity index (χ2v) is 16.7. The van der Waals surface area contributed by atoms with Gasteiger partial charge in [0.05, 0.1) is 18.8 Å². The van der Waals surface area contributed by atoms with Crippen molar-refractivity contribution in [1.29, 1.82) is 0 Å². The number of aliphatic hydroxyl groups excluding tert-OH is 3. The molecule has 4 N–H and O–H groups in total. The molecule has 0 saturated heterocycles. The van der Waals surface area contributed by atoms with Gasteiger partial charge in [-0.25, -0.2) is 0 Å². The largest absolute Gasteiger partial charge is 0.394 e. The highest BCUT2D eigenvalue weighted by Gasteiger charge is 2.22. The molecule has 0 aliphatic rings. The SMILES string of the molecule is CCCCCCCCC/C=C/CC/C=C/C(O)C(CO)NC(=O)C(O)CCCCCCCCCCCCCC/C=C\CCCCCCCCCCCCCC. The number of carbonyl (C=O) groups is 1. The van der Waals surface area contributed by atoms with E-state index in [2.05, 4.69) is 43.5 Å². The van der Waals surface area contributed by atoms with Crippen molar-refractivity contribution in [2.45, 2.75) is 270 Å². The Balaban J connectivity index is 3.58. The molecule has 0 fully saturated rings. The summed E-state index contributed by atoms with van der Waals surface area (Å²) in [7, 11) is 0. The third kappa shape index (κ3) is 40.6. The molecule has 0 aromatic carbocycles. The van der Waals surface area contributed by atoms with Crippen LogP contribution in [-0.2, 0) is 4.79 Å². The van der Waals surface area contributed by atoms with Crippen molar-refractivity contribution >= 4 is 5.91 Å². The van der Waals surface area contributed by atoms with Gasteiger partial charge in [-0.1, -0.05) is 230 Å². The van der Waals surface area contributed by atoms with Crippen LogP contribution >= 0.6 is 0 Å². The van der Waals surface area contributed by atoms with Crippen LogP contribution in [0.4, 0.5) is 0 Å². The minimum Gasteiger partial charge on any atom is -0.394 e. The van der Waals surface area contributed by atoms with Crippen molar-refractivity contribution in [2.24, 2.45) is 0 Å². The summed E-state index contributed by atoms with van der Waals surface area (Å²) in [6.07, 6.45) is 57.7. The van der Waals surface area contributed by atoms with Crippen molar-refractivity contribution in [3.05, 3.63) is 36.5 Å². The molecule has 0 saturated carbocycles. The molecule has 0 aromatic heterocycles. The highest BCUT2D eigenvalue weighted by Crippen LogP contribution is 2.16. The lowest BCUT2D eigenvalue weighted by Crippen LogP contribution is -2.48. The summed E-state index contributed by atoms with van der Waals surface area (Å²) in [6.45, 7) is 4.17. The van der Waals surface area contributed by atoms with Gasteiger partial charge in [0.2, 0.25) is 5.91 Å². The minimum absolute atomic E-state index is 0.375. The van der Waals surface area contributed by atoms with Crippen molar-refractivity contribution in [2.75, 3.05) is 6.61 Å². The van der Waals surface area contributed by atoms with Gasteiger partial charge in [0, 0.05) is 0 Å². The van der Waals surface area contributed by atoms with E-state index in [1.807, 2.05) is 6.08 Å². The van der Waals surface area contributed by atoms with Crippen molar-refractivity contribution < 1.29 is 20.1 Å². The van der Waals surface area contributed by atoms with E-state index < -0.39 is 24.2 Å². The number of unbranched alkanes of at least 4 members (excludes halogenated alkanes) is 32. The van der Waals surface area contributed by atoms with Gasteiger partial charge in [-0.05, 0) is 57.8 Å². The molecule has 0 spiro atoms. The Morgan fingerprint density at radius 1 is 0.436 bits per heavy atom. The van der Waals surface area contributed by atoms with Crippen molar-refractivity contribution in [1.82, 2.24) is 5.32 Å². The van der Waals surface area contributed by atoms with Crippen LogP contribution in [0.3, 0.4) is 0 Å². The highest BCUT2D eigenvalue weighted by molar-refractivity contribution is 5.80. The molecule has 1 amide bonds. The van der Waals surface area contributed by atoms with Crippen molar-refractivity contribution in [3.63, 3.8) is 0 Å². The van der Waals surface area contributed by atoms with Crippen LogP contribution in [0, 0.1) is 0 Å². The van der Waals surface area contributed by atoms with Crippen LogP contribution in [0.5, 0.6) is 0 Å². The fraction of sp³-hybridized carbons (Fsp3) is 0.860. The zero-order chi connectivity index (χ0) is 40.1. The van der Waals surface area contributed by atoms with Crippen LogP contribution < -0.4 is 5.32 Å². The minimum atomic E-state index is -1.10. The predicted molar refractivity (Wildman–Crippen MR) is 241 cm³/mol. The first-order valence-corrected chi connectivity index (χ1v) is 24.3. The summed E-state index contributed by atoms with van der Waals surface area (Å²) in [4.78, 5) is 12.5. The number of carbonyl (C=O) groups excluding carboxylic acids is 1. The molecule has 55 heavy (non-hydrogen) atoms. The topological polar surface area (TPSA) is 89.8 Å². The number of aliphatic hydroxyl groups is 3. The van der Waals surface area contributed by atoms with Gasteiger partial charge in [-0.15, -0.1) is 0 Å². The van der Waals surface area contributed by atoms with E-state index in [1.165, 1.54) is 193 Å². The highest BCUT2D eigenvalue weighted by atomic mass is 16.3. The van der Waals surface area contributed by atoms with Crippen LogP contribution in [0.15, 0.2) is 36.5 Å². The predicted octanol–water partition coefficient (Wildman–Crippen LogP) is 14.3. The van der Waals surface area contributed by atoms with E-state index in [0.717, 1.165) is 38.5 Å². The number of hydrogen-bond donors (Lipinski definition) is 4. The number of amides is 1. The maximum absolute atomic E-state index is 12.5. The smallest absolute Gasteiger partial charge is 0.249 e. The summed E-state index contributed by atoms with van der Waals surface area (Å²) in [5, 5.41) is 33.1. The van der Waals surface area contributed by atoms with Crippen molar-refractivity contribution in [3.8, 4) is 0 Å². The number of rotatable bonds is 44. The fourth-order valence-corrected chi connectivity index (χ4v) is 7.37. The Labute approximate surface area is 343 Å². The molecule has 5 nitrogen and oxygen atoms in total. The van der Waals surface area contributed by atoms with E-state index in [4.69, 9.17) is 0 Å². The summed E-state index contributed by atoms with van der Waals surface area (Å²) < 4.78 is 0. The summed E-state index contributed by atoms with van der Waals surface area (Å²) >= 11 is 0. The fourth-order valence-electron chi connectivity index (χ4n) is 7.37. The second-order valence-electron chi connectivity index (χ2n) is 16.7. The molecule has 324 valence electrons. The Bertz CT molecular complexity index is 855. The van der Waals surface area contributed by atoms with Gasteiger partial charge >= 0.3 is 0 Å². The molecule has 0 rings (SSSR count). The van der Waals surface area contributed by atoms with E-state index >= 15 is 0 Å². The maximum Gasteiger partial charge on any atom is 0.249 e. The van der Waals surface area contributed by atoms with Gasteiger partial charge in [0.15, 0.2) is 0 Å². The average molecular weight is 774 g/mol. The zero-order valence-corrected chi connectivity index (χ0v) is 36.8. The van der Waals surface area contributed by atoms with E-state index in [-0.39, 0.29) is 6.61 Å². The zero-order valence-electron chi connectivity index (χ0n) is 36.8. The Kier molecular flexibility index (Phi) is 44.1. The summed E-state index contributed by atoms with van der Waals surface area (Å²) in [6, 6.07) is -0.813. The molecule has 0 aromatic rings. The molecule has 0 heterocycles. The molecular formula is C50H95NO4. The molecule has 5 heteroatoms. The molecule has 3 unspecified atom stereocenters. The monoisotopic (exact) mass is 774 g/mol. The van der Waals surface area contributed by atoms with Crippen LogP contribution in [0.25, 0.3) is 0 Å². The quantitative estimate of drug-likeness (QED) is 0.0367. The molecule has 3 atom stereocenters. The van der Waals surface area contributed by atoms with E-state index in [9.17, 15) is 20.1 Å². The Morgan fingerprint density at radius 2 is 0.745 bits per heavy atom. The first-order valence-electron chi connectivity index (χ1n) is 24.3. The lowest BCUT2D eigenvalue weighted by atomic mass is 10.0. The standard InChI is InChI=1S/C50H95NO4/c1-3-5-7-9-11-13-15-17-18-19-20-21-22-23-24-25-26-27-28-29-30-31-33-35-37-39-41-43-45-49(54)50(55)51-47(46-52)48(53)44-42-40-38-36-34-32-16-14-12-10-8-6-4-2/h23-24,34,36,42,44,47-49,52-54H,3-22,25-33,35,37-41,43,45-46H2,1-2H3,(H,51,55)/b24-23-,36-34+,44-42+. The van der Waals surface area contributed by atoms with Gasteiger partial charge in [-0.3, -0.25) is 4.79 Å². The molecule has 0 aliphatic carbocycles. The summed E-state index contributed by atoms with van der Waals surface area (Å²) in [5.41, 5.74) is 0. The first-order chi connectivity index (χ1) is 27.1. The van der Waals surface area contributed by atoms with Gasteiger partial charge in [0.25, 0.3) is 0 Å². The molecule has 0 aliphatic heterocycles. The number of allylic oxidation sites excluding steroid dienone is 5. The lowest BCUT2D eigenvalue weighted by molar-refractivity contribution is -0.131. The molecule has 0 radical (unpaired) electrons. The normalized spacial score (nSPS) is 13.8. The first kappa shape index (κ1) is 53.6. The van der Waals surface area contributed by atoms with Crippen LogP contribution in [-0.4, -0.2) is 46.1 Å². The van der Waals surface area contributed by atoms with Crippen LogP contribution in [0.2, 0.25) is 0 Å². The van der Waals surface area contributed by atoms with E-state index in [1.54, 1.807) is 6.08 Å².